The van der Waals surface area contributed by atoms with Crippen LogP contribution in [0.25, 0.3) is 5.57 Å². The van der Waals surface area contributed by atoms with E-state index in [1.54, 1.807) is 29.2 Å². The van der Waals surface area contributed by atoms with Crippen molar-refractivity contribution in [1.29, 1.82) is 5.26 Å². The average molecular weight is 482 g/mol. The molecule has 1 unspecified atom stereocenters. The maximum Gasteiger partial charge on any atom is 0.212 e. The molecule has 1 aromatic carbocycles. The number of aromatic nitrogens is 2. The number of nitrogens with one attached hydrogen (secondary N) is 3. The van der Waals surface area contributed by atoms with Crippen LogP contribution in [-0.4, -0.2) is 36.0 Å². The number of rotatable bonds is 8. The lowest BCUT2D eigenvalue weighted by Gasteiger charge is -2.19. The molecule has 1 fully saturated rings. The first kappa shape index (κ1) is 22.3. The Hall–Kier alpha value is -3.49. The largest absolute Gasteiger partial charge is 0.365 e. The smallest absolute Gasteiger partial charge is 0.212 e. The number of allylic oxidation sites excluding steroid dienone is 2. The summed E-state index contributed by atoms with van der Waals surface area (Å²) in [6.45, 7) is -0.143. The van der Waals surface area contributed by atoms with Crippen molar-refractivity contribution in [2.24, 2.45) is 17.5 Å². The van der Waals surface area contributed by atoms with Gasteiger partial charge in [0.1, 0.15) is 11.7 Å². The number of aryl methyl sites for hydroxylation is 1. The van der Waals surface area contributed by atoms with Crippen molar-refractivity contribution in [3.63, 3.8) is 0 Å². The number of hydrogen-bond acceptors (Lipinski definition) is 7. The van der Waals surface area contributed by atoms with E-state index in [-0.39, 0.29) is 30.4 Å². The molecule has 176 valence electrons. The second kappa shape index (κ2) is 8.38. The molecule has 0 spiro atoms. The number of fused-ring (bicyclic) bond motifs is 1. The van der Waals surface area contributed by atoms with Crippen molar-refractivity contribution in [3.05, 3.63) is 71.1 Å². The van der Waals surface area contributed by atoms with E-state index in [0.29, 0.717) is 11.4 Å². The van der Waals surface area contributed by atoms with Gasteiger partial charge in [0.15, 0.2) is 6.17 Å². The van der Waals surface area contributed by atoms with Gasteiger partial charge >= 0.3 is 0 Å². The molecular formula is C23H24FN7O2S. The number of halogens is 1. The van der Waals surface area contributed by atoms with E-state index in [1.165, 1.54) is 6.07 Å². The van der Waals surface area contributed by atoms with Crippen LogP contribution in [0, 0.1) is 22.6 Å². The van der Waals surface area contributed by atoms with Crippen LogP contribution < -0.4 is 15.4 Å². The lowest BCUT2D eigenvalue weighted by atomic mass is 9.99. The third-order valence-electron chi connectivity index (χ3n) is 6.31. The molecule has 1 atom stereocenters. The normalized spacial score (nSPS) is 20.3. The third kappa shape index (κ3) is 4.47. The lowest BCUT2D eigenvalue weighted by molar-refractivity contribution is 0.535. The summed E-state index contributed by atoms with van der Waals surface area (Å²) in [6.07, 6.45) is 8.57. The Labute approximate surface area is 197 Å². The SMILES string of the molecule is Cn1cc(C2=NC3NC=CC(c4ccc(CNS(=O)(=O)CC5(CC#N)CC5)c(F)c4)=C3N2)cn1. The van der Waals surface area contributed by atoms with E-state index in [2.05, 4.69) is 31.5 Å². The number of sulfonamides is 1. The first-order valence-corrected chi connectivity index (χ1v) is 12.6. The number of nitrogens with zero attached hydrogens (tertiary/aromatic N) is 4. The molecule has 0 saturated heterocycles. The fourth-order valence-corrected chi connectivity index (χ4v) is 5.90. The molecule has 1 saturated carbocycles. The average Bonchev–Trinajstić information content (AvgIpc) is 3.19. The van der Waals surface area contributed by atoms with Gasteiger partial charge in [-0.15, -0.1) is 0 Å². The topological polar surface area (TPSA) is 124 Å². The van der Waals surface area contributed by atoms with Crippen molar-refractivity contribution in [1.82, 2.24) is 25.1 Å². The molecule has 3 aliphatic rings. The lowest BCUT2D eigenvalue weighted by Crippen LogP contribution is -2.30. The van der Waals surface area contributed by atoms with Gasteiger partial charge in [-0.1, -0.05) is 12.1 Å². The summed E-state index contributed by atoms with van der Waals surface area (Å²) in [5.41, 5.74) is 2.92. The van der Waals surface area contributed by atoms with Gasteiger partial charge in [0.05, 0.1) is 29.3 Å². The van der Waals surface area contributed by atoms with E-state index in [1.807, 2.05) is 19.3 Å². The minimum absolute atomic E-state index is 0.104. The van der Waals surface area contributed by atoms with Crippen LogP contribution in [0.5, 0.6) is 0 Å². The van der Waals surface area contributed by atoms with Crippen LogP contribution in [0.3, 0.4) is 0 Å². The number of nitriles is 1. The molecular weight excluding hydrogens is 457 g/mol. The molecule has 2 aromatic rings. The maximum atomic E-state index is 14.9. The zero-order valence-corrected chi connectivity index (χ0v) is 19.4. The predicted molar refractivity (Wildman–Crippen MR) is 125 cm³/mol. The number of benzene rings is 1. The molecule has 9 nitrogen and oxygen atoms in total. The summed E-state index contributed by atoms with van der Waals surface area (Å²) in [6, 6.07) is 6.82. The minimum atomic E-state index is -3.62. The number of aliphatic imine (C=N–C) groups is 1. The minimum Gasteiger partial charge on any atom is -0.365 e. The molecule has 3 N–H and O–H groups in total. The second-order valence-corrected chi connectivity index (χ2v) is 10.8. The fraction of sp³-hybridized carbons (Fsp3) is 0.348. The first-order chi connectivity index (χ1) is 16.3. The number of dihydropyridines is 1. The van der Waals surface area contributed by atoms with Gasteiger partial charge in [0, 0.05) is 37.3 Å². The Morgan fingerprint density at radius 3 is 2.85 bits per heavy atom. The molecule has 34 heavy (non-hydrogen) atoms. The molecule has 1 aromatic heterocycles. The van der Waals surface area contributed by atoms with E-state index < -0.39 is 21.3 Å². The van der Waals surface area contributed by atoms with Gasteiger partial charge in [-0.05, 0) is 42.2 Å². The molecule has 3 heterocycles. The Kier molecular flexibility index (Phi) is 5.50. The number of hydrogen-bond donors (Lipinski definition) is 3. The Balaban J connectivity index is 1.31. The summed E-state index contributed by atoms with van der Waals surface area (Å²) < 4.78 is 44.0. The summed E-state index contributed by atoms with van der Waals surface area (Å²) in [5.74, 6) is 0.0765. The Morgan fingerprint density at radius 1 is 1.35 bits per heavy atom. The monoisotopic (exact) mass is 481 g/mol. The van der Waals surface area contributed by atoms with E-state index in [9.17, 15) is 12.8 Å². The summed E-state index contributed by atoms with van der Waals surface area (Å²) in [4.78, 5) is 4.65. The van der Waals surface area contributed by atoms with Gasteiger partial charge in [-0.25, -0.2) is 22.5 Å². The molecule has 0 radical (unpaired) electrons. The van der Waals surface area contributed by atoms with Gasteiger partial charge in [-0.2, -0.15) is 10.4 Å². The Morgan fingerprint density at radius 2 is 2.18 bits per heavy atom. The van der Waals surface area contributed by atoms with E-state index in [0.717, 1.165) is 29.7 Å². The first-order valence-electron chi connectivity index (χ1n) is 10.9. The maximum absolute atomic E-state index is 14.9. The van der Waals surface area contributed by atoms with Crippen molar-refractivity contribution in [2.75, 3.05) is 5.75 Å². The zero-order valence-electron chi connectivity index (χ0n) is 18.5. The zero-order chi connectivity index (χ0) is 23.9. The van der Waals surface area contributed by atoms with Gasteiger partial charge in [-0.3, -0.25) is 4.68 Å². The van der Waals surface area contributed by atoms with E-state index in [4.69, 9.17) is 5.26 Å². The van der Waals surface area contributed by atoms with Crippen LogP contribution >= 0.6 is 0 Å². The summed E-state index contributed by atoms with van der Waals surface area (Å²) in [5, 5.41) is 19.6. The standard InChI is InChI=1S/C23H24FN7O2S/c1-31-13-17(11-27-31)21-29-20-18(4-9-26-22(20)30-21)15-2-3-16(19(24)10-15)12-28-34(32,33)14-23(5-6-23)7-8-25/h2-4,9-11,13,22,26,28H,5-7,12,14H2,1H3,(H,29,30). The van der Waals surface area contributed by atoms with Crippen molar-refractivity contribution < 1.29 is 12.8 Å². The quantitative estimate of drug-likeness (QED) is 0.529. The van der Waals surface area contributed by atoms with Crippen molar-refractivity contribution >= 4 is 21.4 Å². The van der Waals surface area contributed by atoms with Crippen LogP contribution in [0.1, 0.15) is 36.0 Å². The molecule has 0 amide bonds. The highest BCUT2D eigenvalue weighted by molar-refractivity contribution is 7.89. The van der Waals surface area contributed by atoms with E-state index >= 15 is 0 Å². The van der Waals surface area contributed by atoms with Crippen LogP contribution in [0.4, 0.5) is 4.39 Å². The van der Waals surface area contributed by atoms with Gasteiger partial charge in [0.2, 0.25) is 10.0 Å². The Bertz CT molecular complexity index is 1380. The molecule has 5 rings (SSSR count). The predicted octanol–water partition coefficient (Wildman–Crippen LogP) is 1.88. The number of amidine groups is 1. The molecule has 0 bridgehead atoms. The molecule has 1 aliphatic carbocycles. The van der Waals surface area contributed by atoms with Crippen LogP contribution in [0.15, 0.2) is 53.6 Å². The van der Waals surface area contributed by atoms with Gasteiger partial charge < -0.3 is 10.6 Å². The van der Waals surface area contributed by atoms with Crippen molar-refractivity contribution in [3.8, 4) is 6.07 Å². The van der Waals surface area contributed by atoms with Crippen molar-refractivity contribution in [2.45, 2.75) is 32.0 Å². The van der Waals surface area contributed by atoms with Gasteiger partial charge in [0.25, 0.3) is 0 Å². The third-order valence-corrected chi connectivity index (χ3v) is 7.89. The summed E-state index contributed by atoms with van der Waals surface area (Å²) in [7, 11) is -1.78. The second-order valence-electron chi connectivity index (χ2n) is 8.96. The highest BCUT2D eigenvalue weighted by atomic mass is 32.2. The molecule has 11 heteroatoms. The fourth-order valence-electron chi connectivity index (χ4n) is 4.23. The molecule has 2 aliphatic heterocycles. The van der Waals surface area contributed by atoms with Crippen LogP contribution in [0.2, 0.25) is 0 Å². The highest BCUT2D eigenvalue weighted by Gasteiger charge is 2.46. The highest BCUT2D eigenvalue weighted by Crippen LogP contribution is 2.49. The van der Waals surface area contributed by atoms with Crippen LogP contribution in [-0.2, 0) is 23.6 Å². The summed E-state index contributed by atoms with van der Waals surface area (Å²) >= 11 is 0.